The van der Waals surface area contributed by atoms with E-state index in [1.54, 1.807) is 0 Å². The Kier molecular flexibility index (Phi) is 3.66. The third-order valence-electron chi connectivity index (χ3n) is 4.17. The van der Waals surface area contributed by atoms with E-state index in [4.69, 9.17) is 0 Å². The van der Waals surface area contributed by atoms with Crippen LogP contribution in [-0.2, 0) is 0 Å². The number of piperidine rings is 1. The highest BCUT2D eigenvalue weighted by atomic mass is 32.1. The molecular weight excluding hydrogens is 268 g/mol. The second kappa shape index (κ2) is 5.44. The molecule has 2 aromatic heterocycles. The summed E-state index contributed by atoms with van der Waals surface area (Å²) in [6.07, 6.45) is 2.10. The summed E-state index contributed by atoms with van der Waals surface area (Å²) in [5, 5.41) is 1.96. The van der Waals surface area contributed by atoms with Gasteiger partial charge < -0.3 is 9.47 Å². The average Bonchev–Trinajstić information content (AvgIpc) is 3.09. The van der Waals surface area contributed by atoms with Crippen molar-refractivity contribution in [1.29, 1.82) is 0 Å². The normalized spacial score (nSPS) is 16.6. The lowest BCUT2D eigenvalue weighted by Gasteiger charge is -2.34. The predicted octanol–water partition coefficient (Wildman–Crippen LogP) is 3.64. The number of aryl methyl sites for hydroxylation is 2. The molecule has 3 nitrogen and oxygen atoms in total. The summed E-state index contributed by atoms with van der Waals surface area (Å²) in [6, 6.07) is 8.76. The van der Waals surface area contributed by atoms with Crippen LogP contribution >= 0.6 is 11.3 Å². The molecule has 0 unspecified atom stereocenters. The lowest BCUT2D eigenvalue weighted by atomic mass is 10.0. The van der Waals surface area contributed by atoms with Gasteiger partial charge in [0.05, 0.1) is 4.88 Å². The van der Waals surface area contributed by atoms with Gasteiger partial charge in [0.15, 0.2) is 0 Å². The summed E-state index contributed by atoms with van der Waals surface area (Å²) in [5.74, 6) is 0.194. The number of aromatic nitrogens is 1. The molecule has 0 saturated carbocycles. The summed E-state index contributed by atoms with van der Waals surface area (Å²) in [6.45, 7) is 6.04. The van der Waals surface area contributed by atoms with Gasteiger partial charge in [-0.3, -0.25) is 4.79 Å². The first-order valence-corrected chi connectivity index (χ1v) is 8.02. The lowest BCUT2D eigenvalue weighted by molar-refractivity contribution is 0.0698. The Morgan fingerprint density at radius 3 is 2.35 bits per heavy atom. The van der Waals surface area contributed by atoms with E-state index in [1.807, 2.05) is 22.4 Å². The van der Waals surface area contributed by atoms with Gasteiger partial charge >= 0.3 is 0 Å². The molecule has 1 fully saturated rings. The summed E-state index contributed by atoms with van der Waals surface area (Å²) < 4.78 is 2.42. The minimum absolute atomic E-state index is 0.194. The molecule has 0 aliphatic carbocycles. The van der Waals surface area contributed by atoms with Gasteiger partial charge in [-0.05, 0) is 50.3 Å². The summed E-state index contributed by atoms with van der Waals surface area (Å²) in [4.78, 5) is 15.2. The fraction of sp³-hybridized carbons (Fsp3) is 0.438. The van der Waals surface area contributed by atoms with E-state index >= 15 is 0 Å². The van der Waals surface area contributed by atoms with E-state index in [-0.39, 0.29) is 5.91 Å². The fourth-order valence-corrected chi connectivity index (χ4v) is 3.83. The van der Waals surface area contributed by atoms with Crippen LogP contribution in [0, 0.1) is 13.8 Å². The van der Waals surface area contributed by atoms with Crippen LogP contribution in [0.5, 0.6) is 0 Å². The van der Waals surface area contributed by atoms with Crippen LogP contribution in [0.1, 0.15) is 39.9 Å². The smallest absolute Gasteiger partial charge is 0.263 e. The maximum atomic E-state index is 12.3. The van der Waals surface area contributed by atoms with Gasteiger partial charge in [-0.1, -0.05) is 6.07 Å². The van der Waals surface area contributed by atoms with Gasteiger partial charge in [0.25, 0.3) is 5.91 Å². The Morgan fingerprint density at radius 1 is 1.15 bits per heavy atom. The molecule has 3 heterocycles. The predicted molar refractivity (Wildman–Crippen MR) is 82.4 cm³/mol. The van der Waals surface area contributed by atoms with Gasteiger partial charge in [-0.2, -0.15) is 0 Å². The number of hydrogen-bond donors (Lipinski definition) is 0. The van der Waals surface area contributed by atoms with Gasteiger partial charge in [0, 0.05) is 30.5 Å². The van der Waals surface area contributed by atoms with Gasteiger partial charge in [-0.25, -0.2) is 0 Å². The molecule has 1 aliphatic heterocycles. The van der Waals surface area contributed by atoms with Gasteiger partial charge in [0.1, 0.15) is 0 Å². The number of nitrogens with zero attached hydrogens (tertiary/aromatic N) is 2. The SMILES string of the molecule is Cc1ccc(C)n1C1CCN(C(=O)c2cccs2)CC1. The van der Waals surface area contributed by atoms with Crippen molar-refractivity contribution >= 4 is 17.2 Å². The third kappa shape index (κ3) is 2.40. The molecule has 0 atom stereocenters. The van der Waals surface area contributed by atoms with Crippen molar-refractivity contribution in [3.8, 4) is 0 Å². The number of amides is 1. The van der Waals surface area contributed by atoms with Crippen LogP contribution in [0.25, 0.3) is 0 Å². The number of rotatable bonds is 2. The van der Waals surface area contributed by atoms with Crippen molar-refractivity contribution in [1.82, 2.24) is 9.47 Å². The Morgan fingerprint density at radius 2 is 1.80 bits per heavy atom. The second-order valence-corrected chi connectivity index (χ2v) is 6.43. The lowest BCUT2D eigenvalue weighted by Crippen LogP contribution is -2.39. The average molecular weight is 288 g/mol. The zero-order valence-corrected chi connectivity index (χ0v) is 12.8. The minimum Gasteiger partial charge on any atom is -0.346 e. The van der Waals surface area contributed by atoms with E-state index in [2.05, 4.69) is 30.5 Å². The molecule has 2 aromatic rings. The number of likely N-dealkylation sites (tertiary alicyclic amines) is 1. The van der Waals surface area contributed by atoms with Crippen molar-refractivity contribution in [2.45, 2.75) is 32.7 Å². The van der Waals surface area contributed by atoms with E-state index in [1.165, 1.54) is 22.7 Å². The Bertz CT molecular complexity index is 573. The first-order valence-electron chi connectivity index (χ1n) is 7.14. The number of carbonyl (C=O) groups excluding carboxylic acids is 1. The van der Waals surface area contributed by atoms with E-state index < -0.39 is 0 Å². The molecule has 0 N–H and O–H groups in total. The topological polar surface area (TPSA) is 25.2 Å². The maximum absolute atomic E-state index is 12.3. The van der Waals surface area contributed by atoms with Crippen LogP contribution in [-0.4, -0.2) is 28.5 Å². The fourth-order valence-electron chi connectivity index (χ4n) is 3.14. The molecule has 0 aromatic carbocycles. The second-order valence-electron chi connectivity index (χ2n) is 5.49. The number of thiophene rings is 1. The molecule has 106 valence electrons. The van der Waals surface area contributed by atoms with Crippen molar-refractivity contribution in [2.75, 3.05) is 13.1 Å². The van der Waals surface area contributed by atoms with Crippen molar-refractivity contribution < 1.29 is 4.79 Å². The molecule has 20 heavy (non-hydrogen) atoms. The van der Waals surface area contributed by atoms with Gasteiger partial charge in [0.2, 0.25) is 0 Å². The van der Waals surface area contributed by atoms with Crippen molar-refractivity contribution in [3.05, 3.63) is 45.9 Å². The molecule has 0 radical (unpaired) electrons. The molecule has 4 heteroatoms. The molecule has 0 spiro atoms. The quantitative estimate of drug-likeness (QED) is 0.828. The monoisotopic (exact) mass is 288 g/mol. The highest BCUT2D eigenvalue weighted by Crippen LogP contribution is 2.27. The molecule has 3 rings (SSSR count). The summed E-state index contributed by atoms with van der Waals surface area (Å²) in [7, 11) is 0. The van der Waals surface area contributed by atoms with Crippen LogP contribution in [0.3, 0.4) is 0 Å². The first kappa shape index (κ1) is 13.4. The number of carbonyl (C=O) groups is 1. The highest BCUT2D eigenvalue weighted by Gasteiger charge is 2.25. The van der Waals surface area contributed by atoms with E-state index in [9.17, 15) is 4.79 Å². The molecule has 1 saturated heterocycles. The van der Waals surface area contributed by atoms with Crippen LogP contribution in [0.2, 0.25) is 0 Å². The Balaban J connectivity index is 1.67. The molecule has 1 amide bonds. The first-order chi connectivity index (χ1) is 9.66. The zero-order chi connectivity index (χ0) is 14.1. The van der Waals surface area contributed by atoms with Crippen LogP contribution in [0.15, 0.2) is 29.6 Å². The molecule has 1 aliphatic rings. The zero-order valence-electron chi connectivity index (χ0n) is 12.0. The van der Waals surface area contributed by atoms with E-state index in [0.29, 0.717) is 6.04 Å². The Labute approximate surface area is 123 Å². The van der Waals surface area contributed by atoms with Crippen molar-refractivity contribution in [2.24, 2.45) is 0 Å². The van der Waals surface area contributed by atoms with Crippen LogP contribution in [0.4, 0.5) is 0 Å². The number of hydrogen-bond acceptors (Lipinski definition) is 2. The highest BCUT2D eigenvalue weighted by molar-refractivity contribution is 7.12. The minimum atomic E-state index is 0.194. The molecular formula is C16H20N2OS. The summed E-state index contributed by atoms with van der Waals surface area (Å²) in [5.41, 5.74) is 2.65. The van der Waals surface area contributed by atoms with Gasteiger partial charge in [-0.15, -0.1) is 11.3 Å². The Hall–Kier alpha value is -1.55. The standard InChI is InChI=1S/C16H20N2OS/c1-12-5-6-13(2)18(12)14-7-9-17(10-8-14)16(19)15-4-3-11-20-15/h3-6,11,14H,7-10H2,1-2H3. The van der Waals surface area contributed by atoms with E-state index in [0.717, 1.165) is 30.8 Å². The van der Waals surface area contributed by atoms with Crippen molar-refractivity contribution in [3.63, 3.8) is 0 Å². The third-order valence-corrected chi connectivity index (χ3v) is 5.03. The summed E-state index contributed by atoms with van der Waals surface area (Å²) >= 11 is 1.53. The maximum Gasteiger partial charge on any atom is 0.263 e. The van der Waals surface area contributed by atoms with Crippen LogP contribution < -0.4 is 0 Å². The molecule has 0 bridgehead atoms. The largest absolute Gasteiger partial charge is 0.346 e.